The van der Waals surface area contributed by atoms with Crippen LogP contribution in [-0.4, -0.2) is 36.7 Å². The number of nitrogens with one attached hydrogen (secondary N) is 1. The van der Waals surface area contributed by atoms with E-state index >= 15 is 0 Å². The number of nitrogens with zero attached hydrogens (tertiary/aromatic N) is 1. The number of benzene rings is 1. The molecule has 5 heteroatoms. The molecule has 2 rings (SSSR count). The zero-order valence-corrected chi connectivity index (χ0v) is 12.6. The number of hydrogen-bond donors (Lipinski definition) is 1. The van der Waals surface area contributed by atoms with Gasteiger partial charge in [-0.05, 0) is 56.9 Å². The number of urea groups is 1. The van der Waals surface area contributed by atoms with Gasteiger partial charge in [0.2, 0.25) is 0 Å². The summed E-state index contributed by atoms with van der Waals surface area (Å²) in [5.41, 5.74) is 0. The van der Waals surface area contributed by atoms with Crippen molar-refractivity contribution in [2.75, 3.05) is 19.7 Å². The predicted molar refractivity (Wildman–Crippen MR) is 79.9 cm³/mol. The van der Waals surface area contributed by atoms with Gasteiger partial charge in [0.05, 0.1) is 6.61 Å². The van der Waals surface area contributed by atoms with Crippen LogP contribution in [0.1, 0.15) is 26.7 Å². The molecular weight excluding hydrogens is 271 g/mol. The molecule has 1 atom stereocenters. The largest absolute Gasteiger partial charge is 0.494 e. The lowest BCUT2D eigenvalue weighted by Gasteiger charge is -2.19. The molecule has 1 aromatic carbocycles. The van der Waals surface area contributed by atoms with Crippen LogP contribution in [0.2, 0.25) is 0 Å². The number of rotatable bonds is 5. The highest BCUT2D eigenvalue weighted by molar-refractivity contribution is 5.74. The third-order valence-electron chi connectivity index (χ3n) is 3.59. The summed E-state index contributed by atoms with van der Waals surface area (Å²) in [7, 11) is 0. The maximum absolute atomic E-state index is 12.8. The number of likely N-dealkylation sites (tertiary alicyclic amines) is 1. The van der Waals surface area contributed by atoms with Crippen molar-refractivity contribution < 1.29 is 13.9 Å². The van der Waals surface area contributed by atoms with Crippen molar-refractivity contribution in [3.05, 3.63) is 30.1 Å². The minimum absolute atomic E-state index is 0.0203. The van der Waals surface area contributed by atoms with Crippen molar-refractivity contribution in [3.8, 4) is 5.75 Å². The van der Waals surface area contributed by atoms with E-state index in [4.69, 9.17) is 4.74 Å². The molecule has 0 saturated carbocycles. The summed E-state index contributed by atoms with van der Waals surface area (Å²) in [4.78, 5) is 13.7. The van der Waals surface area contributed by atoms with Gasteiger partial charge >= 0.3 is 6.03 Å². The Morgan fingerprint density at radius 3 is 2.81 bits per heavy atom. The SMILES string of the molecule is CC(C)NC(=O)N1CCC(CCOc2ccc(F)cc2)C1. The molecule has 1 fully saturated rings. The topological polar surface area (TPSA) is 41.6 Å². The molecule has 21 heavy (non-hydrogen) atoms. The number of carbonyl (C=O) groups excluding carboxylic acids is 1. The Morgan fingerprint density at radius 1 is 1.43 bits per heavy atom. The average Bonchev–Trinajstić information content (AvgIpc) is 2.89. The molecule has 1 aliphatic heterocycles. The highest BCUT2D eigenvalue weighted by Crippen LogP contribution is 2.20. The molecule has 0 spiro atoms. The number of amides is 2. The summed E-state index contributed by atoms with van der Waals surface area (Å²) in [5.74, 6) is 0.900. The molecule has 1 aliphatic rings. The Balaban J connectivity index is 1.68. The molecule has 2 amide bonds. The molecule has 1 unspecified atom stereocenters. The maximum Gasteiger partial charge on any atom is 0.317 e. The number of hydrogen-bond acceptors (Lipinski definition) is 2. The second-order valence-electron chi connectivity index (χ2n) is 5.80. The van der Waals surface area contributed by atoms with Crippen LogP contribution in [0.5, 0.6) is 5.75 Å². The van der Waals surface area contributed by atoms with E-state index in [0.717, 1.165) is 25.9 Å². The smallest absolute Gasteiger partial charge is 0.317 e. The second kappa shape index (κ2) is 7.29. The number of carbonyl (C=O) groups is 1. The molecule has 0 aromatic heterocycles. The first-order valence-electron chi connectivity index (χ1n) is 7.48. The first-order chi connectivity index (χ1) is 10.0. The van der Waals surface area contributed by atoms with E-state index in [1.807, 2.05) is 18.7 Å². The van der Waals surface area contributed by atoms with Gasteiger partial charge in [0.25, 0.3) is 0 Å². The molecule has 116 valence electrons. The quantitative estimate of drug-likeness (QED) is 0.907. The van der Waals surface area contributed by atoms with Crippen LogP contribution < -0.4 is 10.1 Å². The molecule has 4 nitrogen and oxygen atoms in total. The Bertz CT molecular complexity index is 462. The first-order valence-corrected chi connectivity index (χ1v) is 7.48. The Hall–Kier alpha value is -1.78. The Labute approximate surface area is 125 Å². The van der Waals surface area contributed by atoms with Gasteiger partial charge in [-0.3, -0.25) is 0 Å². The molecule has 1 saturated heterocycles. The van der Waals surface area contributed by atoms with Crippen LogP contribution in [0.3, 0.4) is 0 Å². The lowest BCUT2D eigenvalue weighted by molar-refractivity contribution is 0.202. The van der Waals surface area contributed by atoms with Crippen LogP contribution >= 0.6 is 0 Å². The molecule has 0 aliphatic carbocycles. The van der Waals surface area contributed by atoms with E-state index in [1.165, 1.54) is 12.1 Å². The summed E-state index contributed by atoms with van der Waals surface area (Å²) in [6.07, 6.45) is 1.92. The lowest BCUT2D eigenvalue weighted by atomic mass is 10.1. The summed E-state index contributed by atoms with van der Waals surface area (Å²) >= 11 is 0. The van der Waals surface area contributed by atoms with Crippen LogP contribution in [0, 0.1) is 11.7 Å². The van der Waals surface area contributed by atoms with Gasteiger partial charge in [-0.1, -0.05) is 0 Å². The maximum atomic E-state index is 12.8. The van der Waals surface area contributed by atoms with Crippen molar-refractivity contribution in [2.24, 2.45) is 5.92 Å². The molecule has 1 heterocycles. The van der Waals surface area contributed by atoms with E-state index in [-0.39, 0.29) is 17.9 Å². The molecule has 0 radical (unpaired) electrons. The number of halogens is 1. The van der Waals surface area contributed by atoms with E-state index in [1.54, 1.807) is 12.1 Å². The van der Waals surface area contributed by atoms with Gasteiger partial charge in [0, 0.05) is 19.1 Å². The fourth-order valence-corrected chi connectivity index (χ4v) is 2.47. The minimum Gasteiger partial charge on any atom is -0.494 e. The Morgan fingerprint density at radius 2 is 2.14 bits per heavy atom. The summed E-state index contributed by atoms with van der Waals surface area (Å²) in [5, 5.41) is 2.91. The third-order valence-corrected chi connectivity index (χ3v) is 3.59. The first kappa shape index (κ1) is 15.6. The molecule has 0 bridgehead atoms. The molecular formula is C16H23FN2O2. The van der Waals surface area contributed by atoms with Crippen LogP contribution in [0.15, 0.2) is 24.3 Å². The van der Waals surface area contributed by atoms with Crippen molar-refractivity contribution in [3.63, 3.8) is 0 Å². The van der Waals surface area contributed by atoms with Crippen LogP contribution in [0.25, 0.3) is 0 Å². The molecule has 1 N–H and O–H groups in total. The van der Waals surface area contributed by atoms with E-state index in [0.29, 0.717) is 18.3 Å². The summed E-state index contributed by atoms with van der Waals surface area (Å²) in [6.45, 7) is 6.10. The predicted octanol–water partition coefficient (Wildman–Crippen LogP) is 3.03. The van der Waals surface area contributed by atoms with Crippen molar-refractivity contribution in [1.29, 1.82) is 0 Å². The summed E-state index contributed by atoms with van der Waals surface area (Å²) in [6, 6.07) is 6.23. The normalized spacial score (nSPS) is 18.1. The third kappa shape index (κ3) is 4.92. The van der Waals surface area contributed by atoms with Crippen LogP contribution in [-0.2, 0) is 0 Å². The van der Waals surface area contributed by atoms with E-state index < -0.39 is 0 Å². The second-order valence-corrected chi connectivity index (χ2v) is 5.80. The van der Waals surface area contributed by atoms with Gasteiger partial charge in [0.1, 0.15) is 11.6 Å². The monoisotopic (exact) mass is 294 g/mol. The highest BCUT2D eigenvalue weighted by Gasteiger charge is 2.26. The highest BCUT2D eigenvalue weighted by atomic mass is 19.1. The van der Waals surface area contributed by atoms with Gasteiger partial charge in [-0.15, -0.1) is 0 Å². The van der Waals surface area contributed by atoms with E-state index in [2.05, 4.69) is 5.32 Å². The fourth-order valence-electron chi connectivity index (χ4n) is 2.47. The average molecular weight is 294 g/mol. The van der Waals surface area contributed by atoms with Gasteiger partial charge in [-0.2, -0.15) is 0 Å². The molecule has 1 aromatic rings. The number of ether oxygens (including phenoxy) is 1. The zero-order chi connectivity index (χ0) is 15.2. The van der Waals surface area contributed by atoms with Gasteiger partial charge in [0.15, 0.2) is 0 Å². The fraction of sp³-hybridized carbons (Fsp3) is 0.562. The van der Waals surface area contributed by atoms with Crippen molar-refractivity contribution in [2.45, 2.75) is 32.7 Å². The van der Waals surface area contributed by atoms with E-state index in [9.17, 15) is 9.18 Å². The van der Waals surface area contributed by atoms with Crippen molar-refractivity contribution in [1.82, 2.24) is 10.2 Å². The van der Waals surface area contributed by atoms with Gasteiger partial charge < -0.3 is 15.0 Å². The van der Waals surface area contributed by atoms with Gasteiger partial charge in [-0.25, -0.2) is 9.18 Å². The minimum atomic E-state index is -0.259. The summed E-state index contributed by atoms with van der Waals surface area (Å²) < 4.78 is 18.4. The standard InChI is InChI=1S/C16H23FN2O2/c1-12(2)18-16(20)19-9-7-13(11-19)8-10-21-15-5-3-14(17)4-6-15/h3-6,12-13H,7-11H2,1-2H3,(H,18,20). The Kier molecular flexibility index (Phi) is 5.42. The lowest BCUT2D eigenvalue weighted by Crippen LogP contribution is -2.41. The zero-order valence-electron chi connectivity index (χ0n) is 12.6. The van der Waals surface area contributed by atoms with Crippen LogP contribution in [0.4, 0.5) is 9.18 Å². The van der Waals surface area contributed by atoms with Crippen molar-refractivity contribution >= 4 is 6.03 Å².